The van der Waals surface area contributed by atoms with Gasteiger partial charge >= 0.3 is 0 Å². The smallest absolute Gasteiger partial charge is 0.151 e. The molecule has 0 spiro atoms. The van der Waals surface area contributed by atoms with Crippen molar-refractivity contribution >= 4 is 34.6 Å². The molecule has 0 amide bonds. The molecule has 6 heteroatoms. The van der Waals surface area contributed by atoms with E-state index in [2.05, 4.69) is 4.98 Å². The molecule has 2 aromatic rings. The fourth-order valence-corrected chi connectivity index (χ4v) is 3.30. The third-order valence-corrected chi connectivity index (χ3v) is 4.36. The van der Waals surface area contributed by atoms with Crippen molar-refractivity contribution in [1.29, 1.82) is 10.8 Å². The number of nitrogens with zero attached hydrogens (tertiary/aromatic N) is 1. The van der Waals surface area contributed by atoms with Crippen LogP contribution in [0.3, 0.4) is 0 Å². The second kappa shape index (κ2) is 5.79. The zero-order valence-corrected chi connectivity index (χ0v) is 12.6. The summed E-state index contributed by atoms with van der Waals surface area (Å²) in [5.74, 6) is -0.515. The number of nitrogens with one attached hydrogen (secondary N) is 2. The topological polar surface area (TPSA) is 113 Å². The second-order valence-corrected chi connectivity index (χ2v) is 5.62. The van der Waals surface area contributed by atoms with E-state index in [9.17, 15) is 4.39 Å². The highest BCUT2D eigenvalue weighted by molar-refractivity contribution is 6.10. The Morgan fingerprint density at radius 1 is 1.22 bits per heavy atom. The molecule has 6 N–H and O–H groups in total. The van der Waals surface area contributed by atoms with Crippen LogP contribution in [0.1, 0.15) is 35.2 Å². The van der Waals surface area contributed by atoms with E-state index < -0.39 is 5.82 Å². The molecule has 0 saturated carbocycles. The van der Waals surface area contributed by atoms with Crippen LogP contribution in [0.4, 0.5) is 10.1 Å². The van der Waals surface area contributed by atoms with Gasteiger partial charge in [0.15, 0.2) is 5.82 Å². The first-order valence-electron chi connectivity index (χ1n) is 7.49. The summed E-state index contributed by atoms with van der Waals surface area (Å²) in [5.41, 5.74) is 15.4. The van der Waals surface area contributed by atoms with Crippen molar-refractivity contribution in [1.82, 2.24) is 4.98 Å². The van der Waals surface area contributed by atoms with E-state index >= 15 is 0 Å². The van der Waals surface area contributed by atoms with Gasteiger partial charge in [0, 0.05) is 40.8 Å². The predicted octanol–water partition coefficient (Wildman–Crippen LogP) is 2.78. The lowest BCUT2D eigenvalue weighted by Crippen LogP contribution is -2.13. The first kappa shape index (κ1) is 15.1. The Labute approximate surface area is 133 Å². The summed E-state index contributed by atoms with van der Waals surface area (Å²) >= 11 is 0. The Morgan fingerprint density at radius 3 is 2.52 bits per heavy atom. The molecular weight excluding hydrogens is 293 g/mol. The van der Waals surface area contributed by atoms with Gasteiger partial charge in [-0.3, -0.25) is 0 Å². The lowest BCUT2D eigenvalue weighted by molar-refractivity contribution is 0.635. The molecule has 3 rings (SSSR count). The molecule has 1 aromatic heterocycles. The minimum absolute atomic E-state index is 0.189. The number of anilines is 1. The lowest BCUT2D eigenvalue weighted by Gasteiger charge is -2.23. The van der Waals surface area contributed by atoms with Gasteiger partial charge in [-0.1, -0.05) is 0 Å². The maximum atomic E-state index is 14.5. The fourth-order valence-electron chi connectivity index (χ4n) is 3.30. The van der Waals surface area contributed by atoms with Crippen LogP contribution < -0.4 is 11.5 Å². The summed E-state index contributed by atoms with van der Waals surface area (Å²) in [6.07, 6.45) is 7.19. The van der Waals surface area contributed by atoms with Crippen molar-refractivity contribution in [3.63, 3.8) is 0 Å². The van der Waals surface area contributed by atoms with Crippen LogP contribution in [-0.4, -0.2) is 17.4 Å². The monoisotopic (exact) mass is 311 g/mol. The molecule has 23 heavy (non-hydrogen) atoms. The summed E-state index contributed by atoms with van der Waals surface area (Å²) in [7, 11) is 0. The molecule has 0 fully saturated rings. The number of hydrogen-bond acceptors (Lipinski definition) is 5. The van der Waals surface area contributed by atoms with E-state index in [0.29, 0.717) is 22.2 Å². The number of halogens is 1. The standard InChI is InChI=1S/C17H18FN5/c18-13-5-14(22)12(8-21)15-10-3-1-2-4-11(10)16(23-17(13)15)9(6-19)7-20/h5-8,19,21H,1-4,20,22H2/b9-7+,19-6?,21-8?. The highest BCUT2D eigenvalue weighted by Crippen LogP contribution is 2.36. The van der Waals surface area contributed by atoms with Gasteiger partial charge in [-0.15, -0.1) is 0 Å². The molecule has 0 saturated heterocycles. The molecule has 0 atom stereocenters. The summed E-state index contributed by atoms with van der Waals surface area (Å²) < 4.78 is 14.5. The minimum atomic E-state index is -0.515. The maximum Gasteiger partial charge on any atom is 0.151 e. The number of rotatable bonds is 3. The highest BCUT2D eigenvalue weighted by Gasteiger charge is 2.23. The normalized spacial score (nSPS) is 14.6. The second-order valence-electron chi connectivity index (χ2n) is 5.62. The molecule has 5 nitrogen and oxygen atoms in total. The molecule has 1 aliphatic carbocycles. The van der Waals surface area contributed by atoms with Gasteiger partial charge in [0.05, 0.1) is 5.69 Å². The van der Waals surface area contributed by atoms with Gasteiger partial charge in [0.25, 0.3) is 0 Å². The zero-order valence-electron chi connectivity index (χ0n) is 12.6. The van der Waals surface area contributed by atoms with Crippen molar-refractivity contribution in [2.75, 3.05) is 5.73 Å². The van der Waals surface area contributed by atoms with Crippen molar-refractivity contribution in [2.24, 2.45) is 5.73 Å². The Hall–Kier alpha value is -2.76. The molecular formula is C17H18FN5. The maximum absolute atomic E-state index is 14.5. The molecule has 1 heterocycles. The lowest BCUT2D eigenvalue weighted by atomic mass is 9.85. The van der Waals surface area contributed by atoms with Crippen LogP contribution in [0.2, 0.25) is 0 Å². The number of aromatic nitrogens is 1. The van der Waals surface area contributed by atoms with E-state index in [-0.39, 0.29) is 11.2 Å². The average molecular weight is 311 g/mol. The SMILES string of the molecule is N=C/C(=C\N)c1nc2c(F)cc(N)c(C=N)c2c2c1CCCC2. The predicted molar refractivity (Wildman–Crippen MR) is 91.6 cm³/mol. The van der Waals surface area contributed by atoms with E-state index in [1.807, 2.05) is 0 Å². The van der Waals surface area contributed by atoms with Crippen molar-refractivity contribution in [2.45, 2.75) is 25.7 Å². The van der Waals surface area contributed by atoms with Gasteiger partial charge in [0.2, 0.25) is 0 Å². The number of pyridine rings is 1. The van der Waals surface area contributed by atoms with Crippen molar-refractivity contribution in [3.05, 3.63) is 40.5 Å². The van der Waals surface area contributed by atoms with Crippen LogP contribution in [0, 0.1) is 16.6 Å². The summed E-state index contributed by atoms with van der Waals surface area (Å²) in [6, 6.07) is 1.20. The van der Waals surface area contributed by atoms with Crippen LogP contribution in [0.15, 0.2) is 12.3 Å². The summed E-state index contributed by atoms with van der Waals surface area (Å²) in [5, 5.41) is 15.8. The first-order chi connectivity index (χ1) is 11.1. The number of aryl methyl sites for hydroxylation is 1. The summed E-state index contributed by atoms with van der Waals surface area (Å²) in [6.45, 7) is 0. The van der Waals surface area contributed by atoms with Crippen LogP contribution in [0.25, 0.3) is 16.5 Å². The number of nitrogens with two attached hydrogens (primary N) is 2. The Kier molecular flexibility index (Phi) is 3.82. The number of hydrogen-bond donors (Lipinski definition) is 4. The highest BCUT2D eigenvalue weighted by atomic mass is 19.1. The molecule has 1 aliphatic rings. The fraction of sp³-hybridized carbons (Fsp3) is 0.235. The quantitative estimate of drug-likeness (QED) is 0.516. The molecule has 118 valence electrons. The number of allylic oxidation sites excluding steroid dienone is 1. The van der Waals surface area contributed by atoms with E-state index in [1.165, 1.54) is 12.3 Å². The minimum Gasteiger partial charge on any atom is -0.404 e. The largest absolute Gasteiger partial charge is 0.404 e. The number of fused-ring (bicyclic) bond motifs is 3. The first-order valence-corrected chi connectivity index (χ1v) is 7.49. The number of nitrogen functional groups attached to an aromatic ring is 1. The third kappa shape index (κ3) is 2.27. The Morgan fingerprint density at radius 2 is 1.91 bits per heavy atom. The van der Waals surface area contributed by atoms with E-state index in [1.54, 1.807) is 0 Å². The average Bonchev–Trinajstić information content (AvgIpc) is 2.56. The zero-order chi connectivity index (χ0) is 16.6. The van der Waals surface area contributed by atoms with Gasteiger partial charge in [-0.25, -0.2) is 9.37 Å². The molecule has 0 radical (unpaired) electrons. The Balaban J connectivity index is 2.51. The molecule has 0 aliphatic heterocycles. The van der Waals surface area contributed by atoms with Gasteiger partial charge in [-0.05, 0) is 42.9 Å². The molecule has 1 aromatic carbocycles. The third-order valence-electron chi connectivity index (χ3n) is 4.36. The molecule has 0 unspecified atom stereocenters. The van der Waals surface area contributed by atoms with Crippen molar-refractivity contribution < 1.29 is 4.39 Å². The van der Waals surface area contributed by atoms with Crippen LogP contribution in [-0.2, 0) is 12.8 Å². The van der Waals surface area contributed by atoms with Crippen LogP contribution >= 0.6 is 0 Å². The Bertz CT molecular complexity index is 854. The van der Waals surface area contributed by atoms with Crippen LogP contribution in [0.5, 0.6) is 0 Å². The van der Waals surface area contributed by atoms with Gasteiger partial charge < -0.3 is 22.3 Å². The van der Waals surface area contributed by atoms with Gasteiger partial charge in [0.1, 0.15) is 5.52 Å². The van der Waals surface area contributed by atoms with E-state index in [0.717, 1.165) is 49.2 Å². The summed E-state index contributed by atoms with van der Waals surface area (Å²) in [4.78, 5) is 4.45. The van der Waals surface area contributed by atoms with Gasteiger partial charge in [-0.2, -0.15) is 0 Å². The number of benzene rings is 1. The molecule has 0 bridgehead atoms. The van der Waals surface area contributed by atoms with E-state index in [4.69, 9.17) is 22.3 Å². The van der Waals surface area contributed by atoms with Crippen molar-refractivity contribution in [3.8, 4) is 0 Å².